The van der Waals surface area contributed by atoms with Crippen molar-refractivity contribution < 1.29 is 47.3 Å². The monoisotopic (exact) mass is 623 g/mol. The summed E-state index contributed by atoms with van der Waals surface area (Å²) >= 11 is 0. The van der Waals surface area contributed by atoms with Crippen molar-refractivity contribution >= 4 is 23.7 Å². The zero-order valence-corrected chi connectivity index (χ0v) is 25.3. The molecule has 0 radical (unpaired) electrons. The molecule has 0 heterocycles. The van der Waals surface area contributed by atoms with E-state index in [2.05, 4.69) is 16.0 Å². The zero-order chi connectivity index (χ0) is 33.2. The highest BCUT2D eigenvalue weighted by Gasteiger charge is 2.63. The van der Waals surface area contributed by atoms with Crippen molar-refractivity contribution in [3.63, 3.8) is 0 Å². The molecule has 0 saturated heterocycles. The predicted molar refractivity (Wildman–Crippen MR) is 155 cm³/mol. The zero-order valence-electron chi connectivity index (χ0n) is 25.3. The third kappa shape index (κ3) is 9.26. The standard InChI is InChI=1S/C31H40F3N3O7/c1-18(2)15-23(36-29(43)30(44-5,31(32,33)34)22-9-7-6-8-10-22)24(38)16-25(39)37-26(19(3)4)27(40)35-17-20-11-13-21(14-12-20)28(41)42/h6-14,18-19,23-24,26,38H,15-17H2,1-5H3,(H,35,40)(H,36,43)(H,37,39)(H,41,42)/t23-,24+,26-,30?/m0/s1. The summed E-state index contributed by atoms with van der Waals surface area (Å²) in [5, 5.41) is 27.5. The van der Waals surface area contributed by atoms with Crippen molar-refractivity contribution in [2.45, 2.75) is 77.0 Å². The number of aromatic carboxylic acids is 1. The molecule has 44 heavy (non-hydrogen) atoms. The van der Waals surface area contributed by atoms with Crippen LogP contribution in [0.25, 0.3) is 0 Å². The van der Waals surface area contributed by atoms with Crippen molar-refractivity contribution in [3.05, 3.63) is 71.3 Å². The second-order valence-corrected chi connectivity index (χ2v) is 11.2. The van der Waals surface area contributed by atoms with Crippen LogP contribution in [0.5, 0.6) is 0 Å². The van der Waals surface area contributed by atoms with E-state index in [1.54, 1.807) is 39.8 Å². The van der Waals surface area contributed by atoms with Crippen LogP contribution in [0, 0.1) is 11.8 Å². The summed E-state index contributed by atoms with van der Waals surface area (Å²) < 4.78 is 48.0. The highest BCUT2D eigenvalue weighted by molar-refractivity contribution is 5.89. The smallest absolute Gasteiger partial charge is 0.430 e. The highest BCUT2D eigenvalue weighted by atomic mass is 19.4. The van der Waals surface area contributed by atoms with Crippen LogP contribution in [0.15, 0.2) is 54.6 Å². The van der Waals surface area contributed by atoms with Gasteiger partial charge in [-0.2, -0.15) is 13.2 Å². The fraction of sp³-hybridized carbons (Fsp3) is 0.484. The number of alkyl halides is 3. The van der Waals surface area contributed by atoms with Crippen LogP contribution >= 0.6 is 0 Å². The first-order valence-corrected chi connectivity index (χ1v) is 14.1. The number of carbonyl (C=O) groups is 4. The quantitative estimate of drug-likeness (QED) is 0.203. The van der Waals surface area contributed by atoms with Gasteiger partial charge in [-0.1, -0.05) is 70.2 Å². The lowest BCUT2D eigenvalue weighted by molar-refractivity contribution is -0.266. The number of rotatable bonds is 15. The first kappa shape index (κ1) is 36.2. The molecule has 242 valence electrons. The maximum absolute atomic E-state index is 14.4. The molecule has 0 aliphatic carbocycles. The first-order chi connectivity index (χ1) is 20.5. The molecule has 3 amide bonds. The van der Waals surface area contributed by atoms with Gasteiger partial charge in [-0.3, -0.25) is 14.4 Å². The summed E-state index contributed by atoms with van der Waals surface area (Å²) in [6.07, 6.45) is -7.32. The van der Waals surface area contributed by atoms with Crippen molar-refractivity contribution in [2.75, 3.05) is 7.11 Å². The average molecular weight is 624 g/mol. The van der Waals surface area contributed by atoms with Gasteiger partial charge >= 0.3 is 12.1 Å². The Morgan fingerprint density at radius 3 is 1.98 bits per heavy atom. The van der Waals surface area contributed by atoms with Crippen LogP contribution in [0.2, 0.25) is 0 Å². The summed E-state index contributed by atoms with van der Waals surface area (Å²) in [7, 11) is 0.767. The molecular weight excluding hydrogens is 583 g/mol. The molecular formula is C31H40F3N3O7. The van der Waals surface area contributed by atoms with Gasteiger partial charge in [0, 0.05) is 19.2 Å². The second kappa shape index (κ2) is 15.7. The van der Waals surface area contributed by atoms with Gasteiger partial charge in [-0.25, -0.2) is 4.79 Å². The van der Waals surface area contributed by atoms with Gasteiger partial charge in [0.15, 0.2) is 0 Å². The molecule has 0 aliphatic heterocycles. The number of halogens is 3. The molecule has 13 heteroatoms. The third-order valence-electron chi connectivity index (χ3n) is 7.04. The average Bonchev–Trinajstić information content (AvgIpc) is 2.94. The number of ether oxygens (including phenoxy) is 1. The number of benzene rings is 2. The lowest BCUT2D eigenvalue weighted by Gasteiger charge is -2.36. The molecule has 0 saturated carbocycles. The predicted octanol–water partition coefficient (Wildman–Crippen LogP) is 3.53. The van der Waals surface area contributed by atoms with Gasteiger partial charge in [-0.15, -0.1) is 0 Å². The van der Waals surface area contributed by atoms with Crippen molar-refractivity contribution in [3.8, 4) is 0 Å². The van der Waals surface area contributed by atoms with Gasteiger partial charge in [-0.05, 0) is 36.0 Å². The lowest BCUT2D eigenvalue weighted by atomic mass is 9.89. The SMILES string of the molecule is COC(C(=O)N[C@@H](CC(C)C)[C@H](O)CC(=O)N[C@H](C(=O)NCc1ccc(C(=O)O)cc1)C(C)C)(c1ccccc1)C(F)(F)F. The number of hydrogen-bond donors (Lipinski definition) is 5. The Morgan fingerprint density at radius 1 is 0.909 bits per heavy atom. The molecule has 0 bridgehead atoms. The number of nitrogens with one attached hydrogen (secondary N) is 3. The molecule has 10 nitrogen and oxygen atoms in total. The number of aliphatic hydroxyl groups is 1. The minimum absolute atomic E-state index is 0.0430. The Kier molecular flexibility index (Phi) is 12.9. The molecule has 0 fully saturated rings. The minimum atomic E-state index is -5.16. The molecule has 2 rings (SSSR count). The van der Waals surface area contributed by atoms with Crippen LogP contribution in [0.1, 0.15) is 62.0 Å². The minimum Gasteiger partial charge on any atom is -0.478 e. The summed E-state index contributed by atoms with van der Waals surface area (Å²) in [6, 6.07) is 9.99. The van der Waals surface area contributed by atoms with Crippen molar-refractivity contribution in [1.82, 2.24) is 16.0 Å². The van der Waals surface area contributed by atoms with E-state index in [0.717, 1.165) is 19.2 Å². The maximum atomic E-state index is 14.4. The van der Waals surface area contributed by atoms with Crippen molar-refractivity contribution in [2.24, 2.45) is 11.8 Å². The van der Waals surface area contributed by atoms with E-state index >= 15 is 0 Å². The van der Waals surface area contributed by atoms with E-state index in [0.29, 0.717) is 5.56 Å². The molecule has 0 spiro atoms. The Morgan fingerprint density at radius 2 is 1.50 bits per heavy atom. The third-order valence-corrected chi connectivity index (χ3v) is 7.04. The van der Waals surface area contributed by atoms with Crippen LogP contribution in [-0.2, 0) is 31.3 Å². The summed E-state index contributed by atoms with van der Waals surface area (Å²) in [5.74, 6) is -4.48. The van der Waals surface area contributed by atoms with Gasteiger partial charge in [0.05, 0.1) is 24.1 Å². The fourth-order valence-corrected chi connectivity index (χ4v) is 4.68. The number of carboxylic acids is 1. The maximum Gasteiger partial charge on any atom is 0.430 e. The molecule has 0 aliphatic rings. The van der Waals surface area contributed by atoms with E-state index in [9.17, 15) is 37.5 Å². The molecule has 1 unspecified atom stereocenters. The summed E-state index contributed by atoms with van der Waals surface area (Å²) in [4.78, 5) is 50.1. The summed E-state index contributed by atoms with van der Waals surface area (Å²) in [5.41, 5.74) is -3.10. The Labute approximate surface area is 254 Å². The van der Waals surface area contributed by atoms with Crippen molar-refractivity contribution in [1.29, 1.82) is 0 Å². The number of methoxy groups -OCH3 is 1. The molecule has 2 aromatic rings. The van der Waals surface area contributed by atoms with Gasteiger partial charge in [0.25, 0.3) is 11.5 Å². The van der Waals surface area contributed by atoms with Gasteiger partial charge < -0.3 is 30.9 Å². The number of aliphatic hydroxyl groups excluding tert-OH is 1. The summed E-state index contributed by atoms with van der Waals surface area (Å²) in [6.45, 7) is 6.92. The fourth-order valence-electron chi connectivity index (χ4n) is 4.68. The lowest BCUT2D eigenvalue weighted by Crippen LogP contribution is -2.59. The molecule has 4 atom stereocenters. The number of carbonyl (C=O) groups excluding carboxylic acids is 3. The largest absolute Gasteiger partial charge is 0.478 e. The molecule has 5 N–H and O–H groups in total. The van der Waals surface area contributed by atoms with E-state index in [1.165, 1.54) is 30.3 Å². The van der Waals surface area contributed by atoms with Gasteiger partial charge in [0.1, 0.15) is 6.04 Å². The Hall–Kier alpha value is -3.97. The highest BCUT2D eigenvalue weighted by Crippen LogP contribution is 2.42. The molecule has 2 aromatic carbocycles. The Bertz CT molecular complexity index is 1270. The van der Waals surface area contributed by atoms with Crippen LogP contribution in [0.3, 0.4) is 0 Å². The number of carboxylic acid groups (broad SMARTS) is 1. The topological polar surface area (TPSA) is 154 Å². The van der Waals surface area contributed by atoms with E-state index < -0.39 is 65.6 Å². The first-order valence-electron chi connectivity index (χ1n) is 14.1. The van der Waals surface area contributed by atoms with Crippen LogP contribution in [0.4, 0.5) is 13.2 Å². The van der Waals surface area contributed by atoms with Gasteiger partial charge in [0.2, 0.25) is 11.8 Å². The molecule has 0 aromatic heterocycles. The normalized spacial score (nSPS) is 15.2. The van der Waals surface area contributed by atoms with E-state index in [4.69, 9.17) is 9.84 Å². The second-order valence-electron chi connectivity index (χ2n) is 11.2. The van der Waals surface area contributed by atoms with Crippen LogP contribution in [-0.4, -0.2) is 65.4 Å². The number of hydrogen-bond acceptors (Lipinski definition) is 6. The van der Waals surface area contributed by atoms with Crippen LogP contribution < -0.4 is 16.0 Å². The van der Waals surface area contributed by atoms with E-state index in [1.807, 2.05) is 0 Å². The van der Waals surface area contributed by atoms with E-state index in [-0.39, 0.29) is 30.4 Å². The Balaban J connectivity index is 2.15. The number of amides is 3.